The molecule has 28 heavy (non-hydrogen) atoms. The van der Waals surface area contributed by atoms with E-state index in [0.29, 0.717) is 28.1 Å². The van der Waals surface area contributed by atoms with E-state index in [1.807, 2.05) is 6.07 Å². The van der Waals surface area contributed by atoms with Crippen LogP contribution in [0, 0.1) is 24.1 Å². The molecular formula is C19H17FN4O3S. The predicted molar refractivity (Wildman–Crippen MR) is 101 cm³/mol. The number of sulfonamides is 1. The number of nitrogens with zero attached hydrogens (tertiary/aromatic N) is 3. The summed E-state index contributed by atoms with van der Waals surface area (Å²) in [4.78, 5) is -0.0264. The van der Waals surface area contributed by atoms with Gasteiger partial charge in [0, 0.05) is 16.8 Å². The second-order valence-electron chi connectivity index (χ2n) is 6.04. The normalized spacial score (nSPS) is 11.2. The third-order valence-corrected chi connectivity index (χ3v) is 5.25. The van der Waals surface area contributed by atoms with E-state index in [-0.39, 0.29) is 17.2 Å². The molecule has 144 valence electrons. The summed E-state index contributed by atoms with van der Waals surface area (Å²) in [5.74, 6) is -0.409. The van der Waals surface area contributed by atoms with Crippen LogP contribution < -0.4 is 9.88 Å². The molecule has 0 saturated carbocycles. The highest BCUT2D eigenvalue weighted by Crippen LogP contribution is 2.36. The molecule has 1 heterocycles. The lowest BCUT2D eigenvalue weighted by Gasteiger charge is -2.08. The van der Waals surface area contributed by atoms with Crippen molar-refractivity contribution in [2.24, 2.45) is 5.14 Å². The lowest BCUT2D eigenvalue weighted by Crippen LogP contribution is -2.11. The van der Waals surface area contributed by atoms with Crippen LogP contribution in [-0.2, 0) is 16.6 Å². The number of ether oxygens (including phenoxy) is 1. The molecule has 7 nitrogen and oxygen atoms in total. The van der Waals surface area contributed by atoms with Gasteiger partial charge in [0.05, 0.1) is 18.1 Å². The van der Waals surface area contributed by atoms with Gasteiger partial charge in [0.2, 0.25) is 10.0 Å². The quantitative estimate of drug-likeness (QED) is 0.708. The number of halogens is 1. The molecule has 3 aromatic rings. The number of nitrogens with two attached hydrogens (primary N) is 1. The van der Waals surface area contributed by atoms with Crippen LogP contribution in [0.2, 0.25) is 0 Å². The Kier molecular flexibility index (Phi) is 5.18. The van der Waals surface area contributed by atoms with E-state index in [2.05, 4.69) is 5.10 Å². The second kappa shape index (κ2) is 7.42. The first-order valence-corrected chi connectivity index (χ1v) is 9.72. The number of primary sulfonamides is 1. The number of aromatic nitrogens is 2. The molecule has 9 heteroatoms. The largest absolute Gasteiger partial charge is 0.494 e. The van der Waals surface area contributed by atoms with Gasteiger partial charge in [-0.1, -0.05) is 18.2 Å². The molecule has 0 aliphatic rings. The molecule has 0 aliphatic carbocycles. The molecule has 0 saturated heterocycles. The molecule has 0 fully saturated rings. The minimum atomic E-state index is -3.82. The van der Waals surface area contributed by atoms with Crippen molar-refractivity contribution in [2.75, 3.05) is 7.11 Å². The smallest absolute Gasteiger partial charge is 0.238 e. The Bertz CT molecular complexity index is 1180. The fourth-order valence-corrected chi connectivity index (χ4v) is 3.45. The predicted octanol–water partition coefficient (Wildman–Crippen LogP) is 2.84. The van der Waals surface area contributed by atoms with Crippen molar-refractivity contribution in [3.8, 4) is 34.2 Å². The first-order chi connectivity index (χ1) is 13.3. The maximum atomic E-state index is 14.3. The monoisotopic (exact) mass is 400 g/mol. The van der Waals surface area contributed by atoms with Crippen LogP contribution in [0.3, 0.4) is 0 Å². The Morgan fingerprint density at radius 3 is 2.39 bits per heavy atom. The van der Waals surface area contributed by atoms with Gasteiger partial charge < -0.3 is 4.74 Å². The summed E-state index contributed by atoms with van der Waals surface area (Å²) in [6.07, 6.45) is 0. The minimum absolute atomic E-state index is 0.0206. The zero-order valence-corrected chi connectivity index (χ0v) is 16.0. The highest BCUT2D eigenvalue weighted by atomic mass is 32.2. The first-order valence-electron chi connectivity index (χ1n) is 8.17. The molecule has 2 aromatic carbocycles. The molecule has 0 unspecified atom stereocenters. The zero-order chi connectivity index (χ0) is 20.5. The molecule has 0 spiro atoms. The molecule has 0 bridgehead atoms. The number of rotatable bonds is 5. The van der Waals surface area contributed by atoms with Gasteiger partial charge in [0.15, 0.2) is 11.6 Å². The number of benzene rings is 2. The Morgan fingerprint density at radius 1 is 1.21 bits per heavy atom. The summed E-state index contributed by atoms with van der Waals surface area (Å²) in [5, 5.41) is 18.7. The van der Waals surface area contributed by atoms with E-state index >= 15 is 0 Å². The van der Waals surface area contributed by atoms with E-state index in [1.165, 1.54) is 36.1 Å². The maximum Gasteiger partial charge on any atom is 0.238 e. The Balaban J connectivity index is 2.20. The van der Waals surface area contributed by atoms with Crippen molar-refractivity contribution in [3.63, 3.8) is 0 Å². The average molecular weight is 400 g/mol. The lowest BCUT2D eigenvalue weighted by molar-refractivity contribution is 0.386. The minimum Gasteiger partial charge on any atom is -0.494 e. The van der Waals surface area contributed by atoms with Crippen LogP contribution in [0.15, 0.2) is 47.4 Å². The Labute approximate surface area is 161 Å². The SMILES string of the molecule is COc1ccc(-c2c(-c3ccc(S(N)(=O)=O)cc3)nn(CC#N)c2C)cc1F. The van der Waals surface area contributed by atoms with Gasteiger partial charge in [-0.25, -0.2) is 17.9 Å². The van der Waals surface area contributed by atoms with Gasteiger partial charge >= 0.3 is 0 Å². The molecule has 0 aliphatic heterocycles. The van der Waals surface area contributed by atoms with Crippen LogP contribution >= 0.6 is 0 Å². The average Bonchev–Trinajstić information content (AvgIpc) is 2.98. The lowest BCUT2D eigenvalue weighted by atomic mass is 9.99. The van der Waals surface area contributed by atoms with E-state index in [4.69, 9.17) is 15.1 Å². The van der Waals surface area contributed by atoms with Gasteiger partial charge in [-0.3, -0.25) is 4.68 Å². The molecule has 3 rings (SSSR count). The number of hydrogen-bond acceptors (Lipinski definition) is 5. The Morgan fingerprint density at radius 2 is 1.86 bits per heavy atom. The van der Waals surface area contributed by atoms with Crippen molar-refractivity contribution in [1.29, 1.82) is 5.26 Å². The van der Waals surface area contributed by atoms with Gasteiger partial charge in [-0.2, -0.15) is 10.4 Å². The third-order valence-electron chi connectivity index (χ3n) is 4.32. The van der Waals surface area contributed by atoms with Crippen LogP contribution in [0.5, 0.6) is 5.75 Å². The standard InChI is InChI=1S/C19H17FN4O3S/c1-12-18(14-5-8-17(27-2)16(20)11-14)19(23-24(12)10-9-21)13-3-6-15(7-4-13)28(22,25)26/h3-8,11H,10H2,1-2H3,(H2,22,25,26). The van der Waals surface area contributed by atoms with Crippen LogP contribution in [0.25, 0.3) is 22.4 Å². The van der Waals surface area contributed by atoms with Gasteiger partial charge in [0.1, 0.15) is 12.2 Å². The van der Waals surface area contributed by atoms with Crippen LogP contribution in [0.4, 0.5) is 4.39 Å². The van der Waals surface area contributed by atoms with Gasteiger partial charge in [-0.05, 0) is 36.8 Å². The number of nitriles is 1. The molecule has 0 radical (unpaired) electrons. The highest BCUT2D eigenvalue weighted by Gasteiger charge is 2.20. The topological polar surface area (TPSA) is 111 Å². The number of hydrogen-bond donors (Lipinski definition) is 1. The van der Waals surface area contributed by atoms with Crippen molar-refractivity contribution in [3.05, 3.63) is 54.0 Å². The number of methoxy groups -OCH3 is 1. The third kappa shape index (κ3) is 3.60. The van der Waals surface area contributed by atoms with Crippen molar-refractivity contribution in [2.45, 2.75) is 18.4 Å². The molecular weight excluding hydrogens is 383 g/mol. The van der Waals surface area contributed by atoms with Crippen LogP contribution in [0.1, 0.15) is 5.69 Å². The van der Waals surface area contributed by atoms with Crippen molar-refractivity contribution < 1.29 is 17.5 Å². The summed E-state index contributed by atoms with van der Waals surface area (Å²) < 4.78 is 43.7. The second-order valence-corrected chi connectivity index (χ2v) is 7.60. The molecule has 2 N–H and O–H groups in total. The maximum absolute atomic E-state index is 14.3. The van der Waals surface area contributed by atoms with E-state index in [1.54, 1.807) is 25.1 Å². The fraction of sp³-hybridized carbons (Fsp3) is 0.158. The molecule has 1 aromatic heterocycles. The van der Waals surface area contributed by atoms with Gasteiger partial charge in [-0.15, -0.1) is 0 Å². The summed E-state index contributed by atoms with van der Waals surface area (Å²) in [6, 6.07) is 12.5. The Hall–Kier alpha value is -3.22. The fourth-order valence-electron chi connectivity index (χ4n) is 2.94. The van der Waals surface area contributed by atoms with E-state index in [0.717, 1.165) is 0 Å². The van der Waals surface area contributed by atoms with Crippen LogP contribution in [-0.4, -0.2) is 25.3 Å². The van der Waals surface area contributed by atoms with Crippen molar-refractivity contribution >= 4 is 10.0 Å². The summed E-state index contributed by atoms with van der Waals surface area (Å²) in [6.45, 7) is 1.80. The zero-order valence-electron chi connectivity index (χ0n) is 15.2. The summed E-state index contributed by atoms with van der Waals surface area (Å²) in [5.41, 5.74) is 2.99. The summed E-state index contributed by atoms with van der Waals surface area (Å²) in [7, 11) is -2.44. The molecule has 0 atom stereocenters. The van der Waals surface area contributed by atoms with Crippen molar-refractivity contribution in [1.82, 2.24) is 9.78 Å². The first kappa shape index (κ1) is 19.5. The van der Waals surface area contributed by atoms with E-state index in [9.17, 15) is 12.8 Å². The highest BCUT2D eigenvalue weighted by molar-refractivity contribution is 7.89. The van der Waals surface area contributed by atoms with Gasteiger partial charge in [0.25, 0.3) is 0 Å². The summed E-state index contributed by atoms with van der Waals surface area (Å²) >= 11 is 0. The van der Waals surface area contributed by atoms with E-state index < -0.39 is 15.8 Å². The molecule has 0 amide bonds.